The topological polar surface area (TPSA) is 35.5 Å². The summed E-state index contributed by atoms with van der Waals surface area (Å²) in [5.41, 5.74) is 2.34. The third kappa shape index (κ3) is 6.08. The maximum atomic E-state index is 11.3. The first-order valence-corrected chi connectivity index (χ1v) is 9.13. The standard InChI is InChI=1S/C21H22Cl2O3/c1-14(17-4-8-19(9-5-17)25-13-12-21(22)23)18-6-10-20(11-7-18)26-16(3)15(2)24/h4-12,14,16H,13H2,1-3H3. The molecule has 0 spiro atoms. The van der Waals surface area contributed by atoms with E-state index in [0.717, 1.165) is 5.75 Å². The fourth-order valence-corrected chi connectivity index (χ4v) is 2.49. The molecule has 0 bridgehead atoms. The first-order valence-electron chi connectivity index (χ1n) is 8.38. The average molecular weight is 393 g/mol. The van der Waals surface area contributed by atoms with Crippen LogP contribution in [0.3, 0.4) is 0 Å². The molecular formula is C21H22Cl2O3. The van der Waals surface area contributed by atoms with E-state index in [1.54, 1.807) is 13.0 Å². The molecular weight excluding hydrogens is 371 g/mol. The van der Waals surface area contributed by atoms with Crippen molar-refractivity contribution in [3.8, 4) is 11.5 Å². The minimum absolute atomic E-state index is 0.00793. The maximum Gasteiger partial charge on any atom is 0.169 e. The number of ketones is 1. The summed E-state index contributed by atoms with van der Waals surface area (Å²) >= 11 is 11.1. The summed E-state index contributed by atoms with van der Waals surface area (Å²) < 4.78 is 11.3. The maximum absolute atomic E-state index is 11.3. The smallest absolute Gasteiger partial charge is 0.169 e. The predicted octanol–water partition coefficient (Wildman–Crippen LogP) is 5.89. The number of carbonyl (C=O) groups excluding carboxylic acids is 1. The molecule has 2 aromatic carbocycles. The summed E-state index contributed by atoms with van der Waals surface area (Å²) in [5, 5.41) is 0. The highest BCUT2D eigenvalue weighted by atomic mass is 35.5. The number of rotatable bonds is 8. The Morgan fingerprint density at radius 1 is 0.962 bits per heavy atom. The fourth-order valence-electron chi connectivity index (χ4n) is 2.37. The highest BCUT2D eigenvalue weighted by Gasteiger charge is 2.11. The molecule has 0 N–H and O–H groups in total. The van der Waals surface area contributed by atoms with E-state index < -0.39 is 6.10 Å². The SMILES string of the molecule is CC(=O)C(C)Oc1ccc(C(C)c2ccc(OCC=C(Cl)Cl)cc2)cc1. The van der Waals surface area contributed by atoms with Crippen LogP contribution >= 0.6 is 23.2 Å². The number of hydrogen-bond donors (Lipinski definition) is 0. The minimum atomic E-state index is -0.436. The van der Waals surface area contributed by atoms with Crippen molar-refractivity contribution in [1.82, 2.24) is 0 Å². The molecule has 2 aromatic rings. The third-order valence-electron chi connectivity index (χ3n) is 4.13. The van der Waals surface area contributed by atoms with Crippen molar-refractivity contribution < 1.29 is 14.3 Å². The highest BCUT2D eigenvalue weighted by Crippen LogP contribution is 2.27. The van der Waals surface area contributed by atoms with Gasteiger partial charge in [0.25, 0.3) is 0 Å². The van der Waals surface area contributed by atoms with E-state index in [0.29, 0.717) is 12.4 Å². The lowest BCUT2D eigenvalue weighted by Crippen LogP contribution is -2.20. The summed E-state index contributed by atoms with van der Waals surface area (Å²) in [6.45, 7) is 5.74. The number of Topliss-reactive ketones (excluding diaryl/α,β-unsaturated/α-hetero) is 1. The van der Waals surface area contributed by atoms with Crippen molar-refractivity contribution in [2.75, 3.05) is 6.61 Å². The van der Waals surface area contributed by atoms with Crippen LogP contribution < -0.4 is 9.47 Å². The minimum Gasteiger partial charge on any atom is -0.489 e. The van der Waals surface area contributed by atoms with E-state index in [1.807, 2.05) is 48.5 Å². The van der Waals surface area contributed by atoms with Gasteiger partial charge in [-0.1, -0.05) is 54.4 Å². The van der Waals surface area contributed by atoms with E-state index >= 15 is 0 Å². The van der Waals surface area contributed by atoms with E-state index in [9.17, 15) is 4.79 Å². The van der Waals surface area contributed by atoms with Crippen LogP contribution in [0.2, 0.25) is 0 Å². The van der Waals surface area contributed by atoms with Gasteiger partial charge >= 0.3 is 0 Å². The zero-order valence-electron chi connectivity index (χ0n) is 15.0. The zero-order chi connectivity index (χ0) is 19.1. The summed E-state index contributed by atoms with van der Waals surface area (Å²) in [5.74, 6) is 1.68. The van der Waals surface area contributed by atoms with E-state index in [4.69, 9.17) is 32.7 Å². The molecule has 5 heteroatoms. The highest BCUT2D eigenvalue weighted by molar-refractivity contribution is 6.55. The number of benzene rings is 2. The van der Waals surface area contributed by atoms with Crippen LogP contribution in [-0.4, -0.2) is 18.5 Å². The van der Waals surface area contributed by atoms with Gasteiger partial charge in [-0.3, -0.25) is 4.79 Å². The average Bonchev–Trinajstić information content (AvgIpc) is 2.62. The second kappa shape index (κ2) is 9.65. The first kappa shape index (κ1) is 20.3. The Morgan fingerprint density at radius 2 is 1.46 bits per heavy atom. The van der Waals surface area contributed by atoms with Crippen molar-refractivity contribution in [2.24, 2.45) is 0 Å². The molecule has 0 heterocycles. The van der Waals surface area contributed by atoms with Crippen molar-refractivity contribution in [3.05, 3.63) is 70.2 Å². The van der Waals surface area contributed by atoms with Gasteiger partial charge in [0.05, 0.1) is 0 Å². The lowest BCUT2D eigenvalue weighted by atomic mass is 9.93. The molecule has 0 saturated heterocycles. The van der Waals surface area contributed by atoms with Crippen LogP contribution in [0.1, 0.15) is 37.8 Å². The Bertz CT molecular complexity index is 748. The molecule has 0 aromatic heterocycles. The van der Waals surface area contributed by atoms with Gasteiger partial charge in [0, 0.05) is 5.92 Å². The van der Waals surface area contributed by atoms with Crippen LogP contribution in [0.4, 0.5) is 0 Å². The molecule has 0 aliphatic heterocycles. The molecule has 0 aliphatic rings. The fraction of sp³-hybridized carbons (Fsp3) is 0.286. The Morgan fingerprint density at radius 3 is 1.92 bits per heavy atom. The number of ether oxygens (including phenoxy) is 2. The second-order valence-electron chi connectivity index (χ2n) is 6.04. The zero-order valence-corrected chi connectivity index (χ0v) is 16.6. The largest absolute Gasteiger partial charge is 0.489 e. The lowest BCUT2D eigenvalue weighted by molar-refractivity contribution is -0.122. The van der Waals surface area contributed by atoms with Gasteiger partial charge in [-0.05, 0) is 55.3 Å². The third-order valence-corrected chi connectivity index (χ3v) is 4.44. The van der Waals surface area contributed by atoms with E-state index in [1.165, 1.54) is 18.1 Å². The molecule has 0 aliphatic carbocycles. The Labute approximate surface area is 164 Å². The van der Waals surface area contributed by atoms with Gasteiger partial charge in [0.15, 0.2) is 11.9 Å². The molecule has 0 radical (unpaired) electrons. The van der Waals surface area contributed by atoms with Crippen molar-refractivity contribution in [3.63, 3.8) is 0 Å². The van der Waals surface area contributed by atoms with Gasteiger partial charge in [-0.25, -0.2) is 0 Å². The van der Waals surface area contributed by atoms with Crippen molar-refractivity contribution >= 4 is 29.0 Å². The van der Waals surface area contributed by atoms with Crippen LogP contribution in [0.25, 0.3) is 0 Å². The van der Waals surface area contributed by atoms with Crippen LogP contribution in [0, 0.1) is 0 Å². The lowest BCUT2D eigenvalue weighted by Gasteiger charge is -2.15. The van der Waals surface area contributed by atoms with E-state index in [-0.39, 0.29) is 16.2 Å². The summed E-state index contributed by atoms with van der Waals surface area (Å²) in [4.78, 5) is 11.3. The van der Waals surface area contributed by atoms with E-state index in [2.05, 4.69) is 6.92 Å². The van der Waals surface area contributed by atoms with Gasteiger partial charge in [0.2, 0.25) is 0 Å². The monoisotopic (exact) mass is 392 g/mol. The van der Waals surface area contributed by atoms with Crippen LogP contribution in [0.5, 0.6) is 11.5 Å². The second-order valence-corrected chi connectivity index (χ2v) is 7.04. The molecule has 3 nitrogen and oxygen atoms in total. The summed E-state index contributed by atoms with van der Waals surface area (Å²) in [6.07, 6.45) is 1.16. The molecule has 2 unspecified atom stereocenters. The number of hydrogen-bond acceptors (Lipinski definition) is 3. The Hall–Kier alpha value is -1.97. The van der Waals surface area contributed by atoms with Crippen LogP contribution in [-0.2, 0) is 4.79 Å². The van der Waals surface area contributed by atoms with Crippen LogP contribution in [0.15, 0.2) is 59.1 Å². The van der Waals surface area contributed by atoms with Gasteiger partial charge in [0.1, 0.15) is 22.6 Å². The molecule has 0 amide bonds. The first-order chi connectivity index (χ1) is 12.4. The quantitative estimate of drug-likeness (QED) is 0.561. The number of carbonyl (C=O) groups is 1. The summed E-state index contributed by atoms with van der Waals surface area (Å²) in [7, 11) is 0. The van der Waals surface area contributed by atoms with Gasteiger partial charge < -0.3 is 9.47 Å². The number of halogens is 2. The normalized spacial score (nSPS) is 12.8. The molecule has 0 saturated carbocycles. The molecule has 138 valence electrons. The Kier molecular flexibility index (Phi) is 7.55. The molecule has 2 rings (SSSR count). The van der Waals surface area contributed by atoms with Crippen molar-refractivity contribution in [2.45, 2.75) is 32.8 Å². The van der Waals surface area contributed by atoms with Gasteiger partial charge in [-0.15, -0.1) is 0 Å². The predicted molar refractivity (Wildman–Crippen MR) is 106 cm³/mol. The molecule has 2 atom stereocenters. The molecule has 0 fully saturated rings. The molecule has 26 heavy (non-hydrogen) atoms. The van der Waals surface area contributed by atoms with Gasteiger partial charge in [-0.2, -0.15) is 0 Å². The Balaban J connectivity index is 2.00. The summed E-state index contributed by atoms with van der Waals surface area (Å²) in [6, 6.07) is 15.7. The van der Waals surface area contributed by atoms with Crippen molar-refractivity contribution in [1.29, 1.82) is 0 Å².